The minimum Gasteiger partial charge on any atom is -0.494 e. The molecule has 1 fully saturated rings. The highest BCUT2D eigenvalue weighted by molar-refractivity contribution is 7.13. The minimum atomic E-state index is -0.154. The number of halogens is 1. The van der Waals surface area contributed by atoms with Crippen LogP contribution in [-0.2, 0) is 6.54 Å². The van der Waals surface area contributed by atoms with Gasteiger partial charge in [-0.1, -0.05) is 29.8 Å². The summed E-state index contributed by atoms with van der Waals surface area (Å²) in [5, 5.41) is 5.50. The van der Waals surface area contributed by atoms with Crippen molar-refractivity contribution in [1.82, 2.24) is 15.2 Å². The lowest BCUT2D eigenvalue weighted by molar-refractivity contribution is 0.0715. The molecule has 8 heteroatoms. The van der Waals surface area contributed by atoms with E-state index in [0.29, 0.717) is 41.7 Å². The fourth-order valence-electron chi connectivity index (χ4n) is 4.37. The van der Waals surface area contributed by atoms with Crippen LogP contribution in [-0.4, -0.2) is 41.4 Å². The van der Waals surface area contributed by atoms with Crippen molar-refractivity contribution in [2.75, 3.05) is 19.7 Å². The summed E-state index contributed by atoms with van der Waals surface area (Å²) < 4.78 is 5.68. The van der Waals surface area contributed by atoms with Gasteiger partial charge in [0.05, 0.1) is 22.9 Å². The number of aromatic nitrogens is 1. The molecule has 0 aliphatic carbocycles. The average Bonchev–Trinajstić information content (AvgIpc) is 3.21. The SMILES string of the molecule is CCOc1ccccc1CNC(=O)c1ccc(C)nc1C1CCN(C(=O)c2scc(C)c2Cl)CC1. The quantitative estimate of drug-likeness (QED) is 0.437. The Balaban J connectivity index is 1.45. The number of ether oxygens (including phenoxy) is 1. The third kappa shape index (κ3) is 5.68. The van der Waals surface area contributed by atoms with Crippen molar-refractivity contribution in [3.05, 3.63) is 79.8 Å². The topological polar surface area (TPSA) is 71.5 Å². The van der Waals surface area contributed by atoms with E-state index >= 15 is 0 Å². The lowest BCUT2D eigenvalue weighted by Gasteiger charge is -2.32. The zero-order valence-corrected chi connectivity index (χ0v) is 21.8. The zero-order chi connectivity index (χ0) is 24.9. The maximum atomic E-state index is 13.2. The number of benzene rings is 1. The number of carbonyl (C=O) groups excluding carboxylic acids is 2. The third-order valence-electron chi connectivity index (χ3n) is 6.28. The van der Waals surface area contributed by atoms with Crippen LogP contribution in [0.4, 0.5) is 0 Å². The van der Waals surface area contributed by atoms with Crippen LogP contribution in [0.5, 0.6) is 5.75 Å². The maximum absolute atomic E-state index is 13.2. The molecular formula is C27H30ClN3O3S. The Hall–Kier alpha value is -2.90. The van der Waals surface area contributed by atoms with Crippen molar-refractivity contribution in [2.24, 2.45) is 0 Å². The predicted octanol–water partition coefficient (Wildman–Crippen LogP) is 5.76. The second-order valence-corrected chi connectivity index (χ2v) is 9.99. The predicted molar refractivity (Wildman–Crippen MR) is 140 cm³/mol. The van der Waals surface area contributed by atoms with E-state index in [4.69, 9.17) is 21.3 Å². The monoisotopic (exact) mass is 511 g/mol. The lowest BCUT2D eigenvalue weighted by atomic mass is 9.89. The van der Waals surface area contributed by atoms with E-state index in [9.17, 15) is 9.59 Å². The van der Waals surface area contributed by atoms with Crippen LogP contribution in [0.1, 0.15) is 68.2 Å². The van der Waals surface area contributed by atoms with Gasteiger partial charge in [-0.15, -0.1) is 11.3 Å². The summed E-state index contributed by atoms with van der Waals surface area (Å²) in [4.78, 5) is 33.4. The minimum absolute atomic E-state index is 0.0188. The summed E-state index contributed by atoms with van der Waals surface area (Å²) in [6.07, 6.45) is 1.50. The van der Waals surface area contributed by atoms with Crippen molar-refractivity contribution in [3.63, 3.8) is 0 Å². The number of piperidine rings is 1. The van der Waals surface area contributed by atoms with Crippen molar-refractivity contribution < 1.29 is 14.3 Å². The number of nitrogens with zero attached hydrogens (tertiary/aromatic N) is 2. The zero-order valence-electron chi connectivity index (χ0n) is 20.3. The van der Waals surface area contributed by atoms with E-state index in [1.165, 1.54) is 11.3 Å². The molecule has 1 aliphatic heterocycles. The van der Waals surface area contributed by atoms with Gasteiger partial charge in [0, 0.05) is 36.8 Å². The number of carbonyl (C=O) groups is 2. The second-order valence-electron chi connectivity index (χ2n) is 8.74. The first-order valence-electron chi connectivity index (χ1n) is 11.9. The van der Waals surface area contributed by atoms with Gasteiger partial charge in [-0.25, -0.2) is 0 Å². The summed E-state index contributed by atoms with van der Waals surface area (Å²) in [6.45, 7) is 7.93. The molecule has 0 radical (unpaired) electrons. The number of pyridine rings is 1. The number of para-hydroxylation sites is 1. The molecule has 35 heavy (non-hydrogen) atoms. The molecule has 0 unspecified atom stereocenters. The molecule has 2 amide bonds. The summed E-state index contributed by atoms with van der Waals surface area (Å²) in [5.74, 6) is 0.708. The molecule has 2 aromatic heterocycles. The summed E-state index contributed by atoms with van der Waals surface area (Å²) in [5.41, 5.74) is 4.12. The van der Waals surface area contributed by atoms with E-state index < -0.39 is 0 Å². The highest BCUT2D eigenvalue weighted by Crippen LogP contribution is 2.33. The van der Waals surface area contributed by atoms with Gasteiger partial charge in [0.15, 0.2) is 0 Å². The molecule has 0 atom stereocenters. The molecule has 3 aromatic rings. The van der Waals surface area contributed by atoms with Crippen molar-refractivity contribution in [2.45, 2.75) is 46.1 Å². The first-order chi connectivity index (χ1) is 16.9. The molecule has 6 nitrogen and oxygen atoms in total. The first kappa shape index (κ1) is 25.2. The molecule has 1 saturated heterocycles. The fraction of sp³-hybridized carbons (Fsp3) is 0.370. The Kier molecular flexibility index (Phi) is 8.08. The summed E-state index contributed by atoms with van der Waals surface area (Å²) in [6, 6.07) is 11.4. The van der Waals surface area contributed by atoms with E-state index in [0.717, 1.165) is 41.1 Å². The van der Waals surface area contributed by atoms with Crippen LogP contribution in [0, 0.1) is 13.8 Å². The summed E-state index contributed by atoms with van der Waals surface area (Å²) in [7, 11) is 0. The number of hydrogen-bond acceptors (Lipinski definition) is 5. The Morgan fingerprint density at radius 2 is 1.91 bits per heavy atom. The third-order valence-corrected chi connectivity index (χ3v) is 7.97. The van der Waals surface area contributed by atoms with Crippen LogP contribution < -0.4 is 10.1 Å². The van der Waals surface area contributed by atoms with Gasteiger partial charge in [0.25, 0.3) is 11.8 Å². The van der Waals surface area contributed by atoms with Crippen LogP contribution in [0.2, 0.25) is 5.02 Å². The first-order valence-corrected chi connectivity index (χ1v) is 13.1. The van der Waals surface area contributed by atoms with Gasteiger partial charge in [-0.3, -0.25) is 14.6 Å². The average molecular weight is 512 g/mol. The molecule has 0 spiro atoms. The Labute approximate surface area is 215 Å². The highest BCUT2D eigenvalue weighted by Gasteiger charge is 2.29. The lowest BCUT2D eigenvalue weighted by Crippen LogP contribution is -2.38. The maximum Gasteiger partial charge on any atom is 0.265 e. The Morgan fingerprint density at radius 1 is 1.17 bits per heavy atom. The Morgan fingerprint density at radius 3 is 2.60 bits per heavy atom. The van der Waals surface area contributed by atoms with E-state index in [-0.39, 0.29) is 17.7 Å². The van der Waals surface area contributed by atoms with Gasteiger partial charge in [-0.05, 0) is 62.8 Å². The number of hydrogen-bond donors (Lipinski definition) is 1. The molecule has 1 aromatic carbocycles. The molecule has 1 N–H and O–H groups in total. The van der Waals surface area contributed by atoms with E-state index in [1.54, 1.807) is 0 Å². The van der Waals surface area contributed by atoms with E-state index in [2.05, 4.69) is 5.32 Å². The molecule has 0 bridgehead atoms. The van der Waals surface area contributed by atoms with Gasteiger partial charge < -0.3 is 15.0 Å². The fourth-order valence-corrected chi connectivity index (χ4v) is 5.61. The largest absolute Gasteiger partial charge is 0.494 e. The molecule has 0 saturated carbocycles. The van der Waals surface area contributed by atoms with Crippen molar-refractivity contribution in [1.29, 1.82) is 0 Å². The molecule has 4 rings (SSSR count). The molecular weight excluding hydrogens is 482 g/mol. The van der Waals surface area contributed by atoms with E-state index in [1.807, 2.05) is 67.4 Å². The van der Waals surface area contributed by atoms with Crippen LogP contribution in [0.3, 0.4) is 0 Å². The second kappa shape index (κ2) is 11.2. The smallest absolute Gasteiger partial charge is 0.265 e. The van der Waals surface area contributed by atoms with Gasteiger partial charge in [0.2, 0.25) is 0 Å². The molecule has 1 aliphatic rings. The number of amides is 2. The Bertz CT molecular complexity index is 1220. The number of rotatable bonds is 7. The number of aryl methyl sites for hydroxylation is 2. The van der Waals surface area contributed by atoms with Crippen LogP contribution >= 0.6 is 22.9 Å². The van der Waals surface area contributed by atoms with Crippen LogP contribution in [0.25, 0.3) is 0 Å². The van der Waals surface area contributed by atoms with Crippen molar-refractivity contribution in [3.8, 4) is 5.75 Å². The number of likely N-dealkylation sites (tertiary alicyclic amines) is 1. The van der Waals surface area contributed by atoms with Gasteiger partial charge in [0.1, 0.15) is 10.6 Å². The number of thiophene rings is 1. The van der Waals surface area contributed by atoms with Gasteiger partial charge in [-0.2, -0.15) is 0 Å². The van der Waals surface area contributed by atoms with Crippen molar-refractivity contribution >= 4 is 34.8 Å². The standard InChI is InChI=1S/C27H30ClN3O3S/c1-4-34-22-8-6-5-7-20(22)15-29-26(32)21-10-9-18(3)30-24(21)19-11-13-31(14-12-19)27(33)25-23(28)17(2)16-35-25/h5-10,16,19H,4,11-15H2,1-3H3,(H,29,32). The van der Waals surface area contributed by atoms with Gasteiger partial charge >= 0.3 is 0 Å². The highest BCUT2D eigenvalue weighted by atomic mass is 35.5. The molecule has 3 heterocycles. The molecule has 184 valence electrons. The van der Waals surface area contributed by atoms with Crippen LogP contribution in [0.15, 0.2) is 41.8 Å². The number of nitrogens with one attached hydrogen (secondary N) is 1. The normalized spacial score (nSPS) is 14.1. The summed E-state index contributed by atoms with van der Waals surface area (Å²) >= 11 is 7.72.